The third-order valence-electron chi connectivity index (χ3n) is 3.40. The summed E-state index contributed by atoms with van der Waals surface area (Å²) in [4.78, 5) is 24.2. The van der Waals surface area contributed by atoms with Crippen LogP contribution >= 0.6 is 57.5 Å². The number of carbonyl (C=O) groups excluding carboxylic acids is 2. The standard InChI is InChI=1S/C16H20N8O2S5/c1-7(2)11-19-21-13(29-11)17-9(25)5-27-15-23-24-16(31-15)28-6-10(26)18-14-22-20-12(30-14)8(3)4/h7-8H,5-6H2,1-4H3,(H,17,21,25)(H,18,22,26). The minimum Gasteiger partial charge on any atom is -0.300 e. The molecule has 31 heavy (non-hydrogen) atoms. The van der Waals surface area contributed by atoms with E-state index in [2.05, 4.69) is 41.2 Å². The van der Waals surface area contributed by atoms with Crippen molar-refractivity contribution in [1.82, 2.24) is 30.6 Å². The summed E-state index contributed by atoms with van der Waals surface area (Å²) < 4.78 is 1.31. The van der Waals surface area contributed by atoms with E-state index in [0.29, 0.717) is 18.9 Å². The molecule has 3 heterocycles. The van der Waals surface area contributed by atoms with Gasteiger partial charge in [0.15, 0.2) is 8.68 Å². The smallest absolute Gasteiger partial charge is 0.236 e. The highest BCUT2D eigenvalue weighted by atomic mass is 32.2. The first-order valence-electron chi connectivity index (χ1n) is 9.15. The molecule has 2 amide bonds. The fourth-order valence-electron chi connectivity index (χ4n) is 1.92. The number of carbonyl (C=O) groups is 2. The summed E-state index contributed by atoms with van der Waals surface area (Å²) in [5.41, 5.74) is 0. The van der Waals surface area contributed by atoms with Crippen molar-refractivity contribution in [2.24, 2.45) is 0 Å². The first kappa shape index (κ1) is 24.0. The van der Waals surface area contributed by atoms with Crippen LogP contribution in [0.5, 0.6) is 0 Å². The molecule has 0 bridgehead atoms. The van der Waals surface area contributed by atoms with Gasteiger partial charge in [-0.1, -0.05) is 85.2 Å². The van der Waals surface area contributed by atoms with E-state index in [1.54, 1.807) is 0 Å². The van der Waals surface area contributed by atoms with Crippen LogP contribution in [-0.4, -0.2) is 53.9 Å². The van der Waals surface area contributed by atoms with Crippen LogP contribution in [0.15, 0.2) is 8.68 Å². The molecule has 3 aromatic heterocycles. The van der Waals surface area contributed by atoms with Crippen molar-refractivity contribution < 1.29 is 9.59 Å². The third-order valence-corrected chi connectivity index (χ3v) is 8.87. The van der Waals surface area contributed by atoms with Crippen LogP contribution in [-0.2, 0) is 9.59 Å². The number of hydrogen-bond acceptors (Lipinski definition) is 13. The van der Waals surface area contributed by atoms with Gasteiger partial charge < -0.3 is 0 Å². The lowest BCUT2D eigenvalue weighted by atomic mass is 10.2. The number of nitrogens with one attached hydrogen (secondary N) is 2. The van der Waals surface area contributed by atoms with E-state index < -0.39 is 0 Å². The van der Waals surface area contributed by atoms with Crippen LogP contribution in [0.3, 0.4) is 0 Å². The summed E-state index contributed by atoms with van der Waals surface area (Å²) in [6.07, 6.45) is 0. The Balaban J connectivity index is 1.40. The van der Waals surface area contributed by atoms with Crippen LogP contribution in [0.4, 0.5) is 10.3 Å². The molecule has 0 saturated heterocycles. The van der Waals surface area contributed by atoms with Crippen molar-refractivity contribution in [3.05, 3.63) is 10.0 Å². The summed E-state index contributed by atoms with van der Waals surface area (Å²) in [6, 6.07) is 0. The van der Waals surface area contributed by atoms with Crippen molar-refractivity contribution in [3.8, 4) is 0 Å². The molecule has 0 saturated carbocycles. The largest absolute Gasteiger partial charge is 0.300 e. The van der Waals surface area contributed by atoms with E-state index in [1.807, 2.05) is 27.7 Å². The summed E-state index contributed by atoms with van der Waals surface area (Å²) in [6.45, 7) is 8.09. The Morgan fingerprint density at radius 3 is 1.48 bits per heavy atom. The topological polar surface area (TPSA) is 136 Å². The second-order valence-corrected chi connectivity index (χ2v) is 12.1. The van der Waals surface area contributed by atoms with Gasteiger partial charge in [0.1, 0.15) is 10.0 Å². The molecule has 166 valence electrons. The molecule has 0 aliphatic rings. The Labute approximate surface area is 199 Å². The first-order chi connectivity index (χ1) is 14.8. The van der Waals surface area contributed by atoms with E-state index in [9.17, 15) is 9.59 Å². The summed E-state index contributed by atoms with van der Waals surface area (Å²) in [7, 11) is 0. The number of rotatable bonds is 10. The highest BCUT2D eigenvalue weighted by Gasteiger charge is 2.14. The maximum Gasteiger partial charge on any atom is 0.236 e. The molecule has 0 radical (unpaired) electrons. The Morgan fingerprint density at radius 1 is 0.710 bits per heavy atom. The Kier molecular flexibility index (Phi) is 8.71. The lowest BCUT2D eigenvalue weighted by Crippen LogP contribution is -2.13. The monoisotopic (exact) mass is 516 g/mol. The van der Waals surface area contributed by atoms with Gasteiger partial charge in [-0.15, -0.1) is 30.6 Å². The molecule has 0 aliphatic heterocycles. The molecule has 10 nitrogen and oxygen atoms in total. The summed E-state index contributed by atoms with van der Waals surface area (Å²) >= 11 is 6.64. The molecular formula is C16H20N8O2S5. The molecular weight excluding hydrogens is 497 g/mol. The molecule has 3 rings (SSSR count). The van der Waals surface area contributed by atoms with Gasteiger partial charge in [-0.25, -0.2) is 0 Å². The van der Waals surface area contributed by atoms with Gasteiger partial charge >= 0.3 is 0 Å². The number of anilines is 2. The van der Waals surface area contributed by atoms with Gasteiger partial charge in [-0.3, -0.25) is 20.2 Å². The first-order valence-corrected chi connectivity index (χ1v) is 13.6. The number of hydrogen-bond donors (Lipinski definition) is 2. The zero-order chi connectivity index (χ0) is 22.4. The minimum absolute atomic E-state index is 0.182. The molecule has 0 fully saturated rings. The predicted molar refractivity (Wildman–Crippen MR) is 127 cm³/mol. The van der Waals surface area contributed by atoms with E-state index in [-0.39, 0.29) is 35.2 Å². The molecule has 0 aromatic carbocycles. The summed E-state index contributed by atoms with van der Waals surface area (Å²) in [5, 5.41) is 32.4. The highest BCUT2D eigenvalue weighted by molar-refractivity contribution is 8.03. The van der Waals surface area contributed by atoms with Crippen LogP contribution < -0.4 is 10.6 Å². The molecule has 0 spiro atoms. The van der Waals surface area contributed by atoms with Gasteiger partial charge in [-0.05, 0) is 0 Å². The predicted octanol–water partition coefficient (Wildman–Crippen LogP) is 3.95. The van der Waals surface area contributed by atoms with Crippen LogP contribution in [0.1, 0.15) is 49.5 Å². The van der Waals surface area contributed by atoms with Gasteiger partial charge in [0.2, 0.25) is 22.1 Å². The van der Waals surface area contributed by atoms with Crippen molar-refractivity contribution in [3.63, 3.8) is 0 Å². The van der Waals surface area contributed by atoms with E-state index >= 15 is 0 Å². The quantitative estimate of drug-likeness (QED) is 0.381. The fraction of sp³-hybridized carbons (Fsp3) is 0.500. The zero-order valence-corrected chi connectivity index (χ0v) is 21.2. The average Bonchev–Trinajstić information content (AvgIpc) is 3.45. The maximum atomic E-state index is 12.1. The van der Waals surface area contributed by atoms with Crippen molar-refractivity contribution in [2.45, 2.75) is 48.2 Å². The van der Waals surface area contributed by atoms with E-state index in [0.717, 1.165) is 10.0 Å². The van der Waals surface area contributed by atoms with Crippen LogP contribution in [0.25, 0.3) is 0 Å². The van der Waals surface area contributed by atoms with Gasteiger partial charge in [0.05, 0.1) is 11.5 Å². The molecule has 3 aromatic rings. The number of aromatic nitrogens is 6. The normalized spacial score (nSPS) is 11.3. The average molecular weight is 517 g/mol. The zero-order valence-electron chi connectivity index (χ0n) is 17.1. The van der Waals surface area contributed by atoms with E-state index in [1.165, 1.54) is 57.5 Å². The van der Waals surface area contributed by atoms with Gasteiger partial charge in [-0.2, -0.15) is 0 Å². The van der Waals surface area contributed by atoms with Crippen molar-refractivity contribution in [2.75, 3.05) is 22.1 Å². The van der Waals surface area contributed by atoms with Gasteiger partial charge in [0, 0.05) is 11.8 Å². The maximum absolute atomic E-state index is 12.1. The SMILES string of the molecule is CC(C)c1nnc(NC(=O)CSc2nnc(SCC(=O)Nc3nnc(C(C)C)s3)s2)s1. The van der Waals surface area contributed by atoms with Crippen molar-refractivity contribution in [1.29, 1.82) is 0 Å². The summed E-state index contributed by atoms with van der Waals surface area (Å²) in [5.74, 6) is 0.550. The van der Waals surface area contributed by atoms with E-state index in [4.69, 9.17) is 0 Å². The Hall–Kier alpha value is -1.68. The van der Waals surface area contributed by atoms with Gasteiger partial charge in [0.25, 0.3) is 0 Å². The second kappa shape index (κ2) is 11.3. The van der Waals surface area contributed by atoms with Crippen LogP contribution in [0.2, 0.25) is 0 Å². The molecule has 0 aliphatic carbocycles. The van der Waals surface area contributed by atoms with Crippen LogP contribution in [0, 0.1) is 0 Å². The fourth-order valence-corrected chi connectivity index (χ4v) is 6.06. The molecule has 0 unspecified atom stereocenters. The minimum atomic E-state index is -0.182. The number of amides is 2. The molecule has 15 heteroatoms. The Morgan fingerprint density at radius 2 is 1.13 bits per heavy atom. The number of thioether (sulfide) groups is 2. The molecule has 0 atom stereocenters. The third kappa shape index (κ3) is 7.45. The lowest BCUT2D eigenvalue weighted by molar-refractivity contribution is -0.114. The number of nitrogens with zero attached hydrogens (tertiary/aromatic N) is 6. The van der Waals surface area contributed by atoms with Crippen molar-refractivity contribution >= 4 is 79.6 Å². The Bertz CT molecular complexity index is 952. The molecule has 2 N–H and O–H groups in total. The lowest BCUT2D eigenvalue weighted by Gasteiger charge is -1.99. The highest BCUT2D eigenvalue weighted by Crippen LogP contribution is 2.29. The second-order valence-electron chi connectivity index (χ2n) is 6.71.